The maximum Gasteiger partial charge on any atom is 0.345 e. The summed E-state index contributed by atoms with van der Waals surface area (Å²) in [7, 11) is 0. The van der Waals surface area contributed by atoms with Crippen molar-refractivity contribution in [1.29, 1.82) is 0 Å². The first-order valence-electron chi connectivity index (χ1n) is 4.21. The second-order valence-electron chi connectivity index (χ2n) is 2.60. The van der Waals surface area contributed by atoms with Crippen molar-refractivity contribution in [3.8, 4) is 0 Å². The van der Waals surface area contributed by atoms with E-state index in [1.165, 1.54) is 0 Å². The molecule has 0 aliphatic rings. The molecule has 3 nitrogen and oxygen atoms in total. The summed E-state index contributed by atoms with van der Waals surface area (Å²) >= 11 is 3.52. The van der Waals surface area contributed by atoms with E-state index in [1.807, 2.05) is 0 Å². The molecule has 0 bridgehead atoms. The van der Waals surface area contributed by atoms with E-state index in [-0.39, 0.29) is 0 Å². The van der Waals surface area contributed by atoms with E-state index in [9.17, 15) is 4.79 Å². The van der Waals surface area contributed by atoms with Crippen LogP contribution in [0.15, 0.2) is 0 Å². The summed E-state index contributed by atoms with van der Waals surface area (Å²) in [6.45, 7) is 2.50. The maximum absolute atomic E-state index is 10.6. The molecule has 0 rings (SSSR count). The number of aliphatic hydroxyl groups is 1. The standard InChI is InChI=1S/C8H16O3S/c1-2-3-4-5-6-11-7(9)8(10)12/h8,10,12H,2-6H2,1H3. The van der Waals surface area contributed by atoms with Gasteiger partial charge >= 0.3 is 5.97 Å². The van der Waals surface area contributed by atoms with Gasteiger partial charge in [0.05, 0.1) is 6.61 Å². The third kappa shape index (κ3) is 6.49. The van der Waals surface area contributed by atoms with E-state index in [0.717, 1.165) is 25.7 Å². The van der Waals surface area contributed by atoms with E-state index in [2.05, 4.69) is 24.3 Å². The van der Waals surface area contributed by atoms with Crippen molar-refractivity contribution >= 4 is 18.6 Å². The van der Waals surface area contributed by atoms with E-state index in [1.54, 1.807) is 0 Å². The third-order valence-electron chi connectivity index (χ3n) is 1.45. The van der Waals surface area contributed by atoms with Crippen LogP contribution in [0.3, 0.4) is 0 Å². The Labute approximate surface area is 78.5 Å². The molecule has 0 spiro atoms. The highest BCUT2D eigenvalue weighted by Crippen LogP contribution is 2.00. The lowest BCUT2D eigenvalue weighted by Crippen LogP contribution is -2.17. The normalized spacial score (nSPS) is 12.6. The molecule has 0 aliphatic carbocycles. The lowest BCUT2D eigenvalue weighted by Gasteiger charge is -2.04. The van der Waals surface area contributed by atoms with Gasteiger partial charge in [0.15, 0.2) is 5.44 Å². The molecule has 0 aromatic heterocycles. The van der Waals surface area contributed by atoms with Gasteiger partial charge in [0.2, 0.25) is 0 Å². The summed E-state index contributed by atoms with van der Waals surface area (Å²) < 4.78 is 4.68. The number of thiol groups is 1. The summed E-state index contributed by atoms with van der Waals surface area (Å²) in [6.07, 6.45) is 4.23. The number of ether oxygens (including phenoxy) is 1. The van der Waals surface area contributed by atoms with Gasteiger partial charge in [0.25, 0.3) is 0 Å². The second-order valence-corrected chi connectivity index (χ2v) is 3.09. The fourth-order valence-electron chi connectivity index (χ4n) is 0.776. The Balaban J connectivity index is 3.14. The molecule has 72 valence electrons. The quantitative estimate of drug-likeness (QED) is 0.289. The topological polar surface area (TPSA) is 46.5 Å². The number of carbonyl (C=O) groups excluding carboxylic acids is 1. The highest BCUT2D eigenvalue weighted by molar-refractivity contribution is 7.81. The minimum absolute atomic E-state index is 0.385. The van der Waals surface area contributed by atoms with Crippen LogP contribution in [0, 0.1) is 0 Å². The number of aliphatic hydroxyl groups excluding tert-OH is 1. The Morgan fingerprint density at radius 1 is 1.50 bits per heavy atom. The number of hydrogen-bond acceptors (Lipinski definition) is 4. The van der Waals surface area contributed by atoms with Crippen LogP contribution < -0.4 is 0 Å². The van der Waals surface area contributed by atoms with Gasteiger partial charge in [0, 0.05) is 0 Å². The van der Waals surface area contributed by atoms with Crippen LogP contribution in [0.1, 0.15) is 32.6 Å². The fraction of sp³-hybridized carbons (Fsp3) is 0.875. The van der Waals surface area contributed by atoms with Gasteiger partial charge in [-0.05, 0) is 6.42 Å². The molecule has 4 heteroatoms. The molecular weight excluding hydrogens is 176 g/mol. The molecule has 0 fully saturated rings. The molecule has 1 N–H and O–H groups in total. The smallest absolute Gasteiger partial charge is 0.345 e. The van der Waals surface area contributed by atoms with Crippen LogP contribution in [0.4, 0.5) is 0 Å². The zero-order valence-corrected chi connectivity index (χ0v) is 8.22. The molecule has 0 saturated heterocycles. The lowest BCUT2D eigenvalue weighted by atomic mass is 10.2. The number of carbonyl (C=O) groups is 1. The summed E-state index contributed by atoms with van der Waals surface area (Å²) in [5.41, 5.74) is -1.30. The molecule has 1 unspecified atom stereocenters. The van der Waals surface area contributed by atoms with Crippen LogP contribution in [0.5, 0.6) is 0 Å². The van der Waals surface area contributed by atoms with Crippen molar-refractivity contribution < 1.29 is 14.6 Å². The number of hydrogen-bond donors (Lipinski definition) is 2. The average Bonchev–Trinajstić information content (AvgIpc) is 2.03. The Morgan fingerprint density at radius 2 is 2.17 bits per heavy atom. The highest BCUT2D eigenvalue weighted by atomic mass is 32.1. The summed E-state index contributed by atoms with van der Waals surface area (Å²) in [4.78, 5) is 10.6. The van der Waals surface area contributed by atoms with Crippen LogP contribution in [-0.2, 0) is 9.53 Å². The lowest BCUT2D eigenvalue weighted by molar-refractivity contribution is -0.148. The van der Waals surface area contributed by atoms with Crippen molar-refractivity contribution in [2.24, 2.45) is 0 Å². The summed E-state index contributed by atoms with van der Waals surface area (Å²) in [5, 5.41) is 8.61. The van der Waals surface area contributed by atoms with Crippen LogP contribution in [-0.4, -0.2) is 23.1 Å². The molecule has 0 radical (unpaired) electrons. The molecule has 0 aliphatic heterocycles. The van der Waals surface area contributed by atoms with Crippen LogP contribution in [0.25, 0.3) is 0 Å². The molecule has 0 saturated carbocycles. The van der Waals surface area contributed by atoms with Gasteiger partial charge in [0.1, 0.15) is 0 Å². The average molecular weight is 192 g/mol. The molecule has 12 heavy (non-hydrogen) atoms. The number of esters is 1. The predicted octanol–water partition coefficient (Wildman–Crippen LogP) is 1.36. The van der Waals surface area contributed by atoms with Gasteiger partial charge in [-0.2, -0.15) is 0 Å². The Bertz CT molecular complexity index is 125. The summed E-state index contributed by atoms with van der Waals surface area (Å²) in [6, 6.07) is 0. The van der Waals surface area contributed by atoms with Crippen LogP contribution in [0.2, 0.25) is 0 Å². The summed E-state index contributed by atoms with van der Waals surface area (Å²) in [5.74, 6) is -0.658. The molecule has 0 heterocycles. The monoisotopic (exact) mass is 192 g/mol. The van der Waals surface area contributed by atoms with Gasteiger partial charge in [-0.25, -0.2) is 4.79 Å². The number of rotatable bonds is 6. The molecular formula is C8H16O3S. The van der Waals surface area contributed by atoms with Gasteiger partial charge in [-0.3, -0.25) is 0 Å². The van der Waals surface area contributed by atoms with Crippen molar-refractivity contribution in [2.75, 3.05) is 6.61 Å². The van der Waals surface area contributed by atoms with Gasteiger partial charge < -0.3 is 9.84 Å². The highest BCUT2D eigenvalue weighted by Gasteiger charge is 2.09. The van der Waals surface area contributed by atoms with Crippen molar-refractivity contribution in [3.63, 3.8) is 0 Å². The minimum Gasteiger partial charge on any atom is -0.463 e. The van der Waals surface area contributed by atoms with Crippen molar-refractivity contribution in [3.05, 3.63) is 0 Å². The van der Waals surface area contributed by atoms with Crippen molar-refractivity contribution in [2.45, 2.75) is 38.0 Å². The minimum atomic E-state index is -1.30. The Morgan fingerprint density at radius 3 is 2.67 bits per heavy atom. The first-order chi connectivity index (χ1) is 5.68. The number of unbranched alkanes of at least 4 members (excludes halogenated alkanes) is 3. The van der Waals surface area contributed by atoms with Crippen LogP contribution >= 0.6 is 12.6 Å². The molecule has 0 amide bonds. The Hall–Kier alpha value is -0.220. The largest absolute Gasteiger partial charge is 0.463 e. The maximum atomic E-state index is 10.6. The zero-order valence-electron chi connectivity index (χ0n) is 7.32. The zero-order chi connectivity index (χ0) is 9.40. The van der Waals surface area contributed by atoms with E-state index >= 15 is 0 Å². The SMILES string of the molecule is CCCCCCOC(=O)C(O)S. The molecule has 0 aromatic carbocycles. The van der Waals surface area contributed by atoms with E-state index < -0.39 is 11.4 Å². The third-order valence-corrected chi connectivity index (χ3v) is 1.66. The molecule has 1 atom stereocenters. The Kier molecular flexibility index (Phi) is 7.29. The first kappa shape index (κ1) is 11.8. The fourth-order valence-corrected chi connectivity index (χ4v) is 0.851. The predicted molar refractivity (Wildman–Crippen MR) is 50.1 cm³/mol. The van der Waals surface area contributed by atoms with Gasteiger partial charge in [-0.15, -0.1) is 12.6 Å². The second kappa shape index (κ2) is 7.43. The van der Waals surface area contributed by atoms with E-state index in [0.29, 0.717) is 6.61 Å². The molecule has 0 aromatic rings. The van der Waals surface area contributed by atoms with Gasteiger partial charge in [-0.1, -0.05) is 26.2 Å². The van der Waals surface area contributed by atoms with Crippen molar-refractivity contribution in [1.82, 2.24) is 0 Å². The first-order valence-corrected chi connectivity index (χ1v) is 4.73. The van der Waals surface area contributed by atoms with E-state index in [4.69, 9.17) is 5.11 Å².